The van der Waals surface area contributed by atoms with Crippen LogP contribution in [0, 0.1) is 6.92 Å². The van der Waals surface area contributed by atoms with Gasteiger partial charge in [0.1, 0.15) is 6.61 Å². The largest absolute Gasteiger partial charge is 0.493 e. The van der Waals surface area contributed by atoms with E-state index >= 15 is 0 Å². The second-order valence-corrected chi connectivity index (χ2v) is 9.58. The van der Waals surface area contributed by atoms with Gasteiger partial charge in [0.2, 0.25) is 10.0 Å². The Balaban J connectivity index is 1.66. The maximum Gasteiger partial charge on any atom is 0.251 e. The van der Waals surface area contributed by atoms with E-state index in [0.717, 1.165) is 19.3 Å². The summed E-state index contributed by atoms with van der Waals surface area (Å²) in [6.45, 7) is 4.77. The van der Waals surface area contributed by atoms with Gasteiger partial charge in [-0.15, -0.1) is 0 Å². The second kappa shape index (κ2) is 10.2. The molecular weight excluding hydrogens is 416 g/mol. The zero-order valence-corrected chi connectivity index (χ0v) is 19.1. The molecule has 0 aromatic heterocycles. The van der Waals surface area contributed by atoms with Crippen molar-refractivity contribution < 1.29 is 22.7 Å². The molecule has 2 aromatic carbocycles. The van der Waals surface area contributed by atoms with Gasteiger partial charge in [-0.3, -0.25) is 4.79 Å². The fraction of sp³-hybridized carbons (Fsp3) is 0.435. The number of piperidine rings is 1. The molecule has 1 aliphatic heterocycles. The number of para-hydroxylation sites is 2. The lowest BCUT2D eigenvalue weighted by molar-refractivity contribution is 0.0946. The number of carbonyl (C=O) groups excluding carboxylic acids is 1. The van der Waals surface area contributed by atoms with Crippen LogP contribution in [0.5, 0.6) is 11.5 Å². The van der Waals surface area contributed by atoms with Crippen LogP contribution in [0.2, 0.25) is 0 Å². The molecule has 2 aromatic rings. The quantitative estimate of drug-likeness (QED) is 0.629. The van der Waals surface area contributed by atoms with Crippen molar-refractivity contribution in [2.24, 2.45) is 0 Å². The van der Waals surface area contributed by atoms with Crippen LogP contribution in [0.3, 0.4) is 0 Å². The molecule has 168 valence electrons. The van der Waals surface area contributed by atoms with Crippen LogP contribution >= 0.6 is 0 Å². The molecule has 1 N–H and O–H groups in total. The molecule has 0 radical (unpaired) electrons. The SMILES string of the molecule is COc1ccccc1OCCNC(=O)c1cc(S(=O)(=O)N2CCCCC2C)ccc1C. The van der Waals surface area contributed by atoms with Crippen molar-refractivity contribution in [2.45, 2.75) is 44.0 Å². The van der Waals surface area contributed by atoms with E-state index in [4.69, 9.17) is 9.47 Å². The number of methoxy groups -OCH3 is 1. The van der Waals surface area contributed by atoms with E-state index in [1.54, 1.807) is 42.6 Å². The lowest BCUT2D eigenvalue weighted by atomic mass is 10.1. The molecule has 0 spiro atoms. The maximum atomic E-state index is 13.1. The molecule has 1 amide bonds. The highest BCUT2D eigenvalue weighted by atomic mass is 32.2. The predicted molar refractivity (Wildman–Crippen MR) is 119 cm³/mol. The molecule has 0 bridgehead atoms. The fourth-order valence-corrected chi connectivity index (χ4v) is 5.46. The summed E-state index contributed by atoms with van der Waals surface area (Å²) < 4.78 is 38.7. The van der Waals surface area contributed by atoms with E-state index in [1.165, 1.54) is 6.07 Å². The molecule has 1 saturated heterocycles. The van der Waals surface area contributed by atoms with E-state index in [9.17, 15) is 13.2 Å². The summed E-state index contributed by atoms with van der Waals surface area (Å²) in [6.07, 6.45) is 2.74. The lowest BCUT2D eigenvalue weighted by Gasteiger charge is -2.32. The summed E-state index contributed by atoms with van der Waals surface area (Å²) in [6, 6.07) is 12.0. The number of hydrogen-bond acceptors (Lipinski definition) is 5. The average molecular weight is 447 g/mol. The van der Waals surface area contributed by atoms with Gasteiger partial charge in [-0.05, 0) is 56.5 Å². The highest BCUT2D eigenvalue weighted by Gasteiger charge is 2.31. The number of hydrogen-bond donors (Lipinski definition) is 1. The number of ether oxygens (including phenoxy) is 2. The number of sulfonamides is 1. The zero-order chi connectivity index (χ0) is 22.4. The molecule has 8 heteroatoms. The molecule has 1 atom stereocenters. The Morgan fingerprint density at radius 3 is 2.61 bits per heavy atom. The van der Waals surface area contributed by atoms with E-state index in [2.05, 4.69) is 5.32 Å². The fourth-order valence-electron chi connectivity index (χ4n) is 3.73. The minimum atomic E-state index is -3.64. The summed E-state index contributed by atoms with van der Waals surface area (Å²) >= 11 is 0. The van der Waals surface area contributed by atoms with Gasteiger partial charge >= 0.3 is 0 Å². The molecule has 0 aliphatic carbocycles. The first-order valence-corrected chi connectivity index (χ1v) is 11.9. The summed E-state index contributed by atoms with van der Waals surface area (Å²) in [4.78, 5) is 12.9. The normalized spacial score (nSPS) is 17.2. The van der Waals surface area contributed by atoms with Crippen LogP contribution in [0.15, 0.2) is 47.4 Å². The van der Waals surface area contributed by atoms with Crippen LogP contribution in [-0.4, -0.2) is 51.5 Å². The molecular formula is C23H30N2O5S. The van der Waals surface area contributed by atoms with Gasteiger partial charge in [0.25, 0.3) is 5.91 Å². The highest BCUT2D eigenvalue weighted by Crippen LogP contribution is 2.27. The van der Waals surface area contributed by atoms with Crippen molar-refractivity contribution in [3.05, 3.63) is 53.6 Å². The molecule has 1 unspecified atom stereocenters. The third kappa shape index (κ3) is 5.37. The molecule has 1 fully saturated rings. The van der Waals surface area contributed by atoms with Crippen LogP contribution in [0.4, 0.5) is 0 Å². The van der Waals surface area contributed by atoms with Crippen LogP contribution in [0.1, 0.15) is 42.1 Å². The first-order chi connectivity index (χ1) is 14.8. The van der Waals surface area contributed by atoms with E-state index < -0.39 is 10.0 Å². The van der Waals surface area contributed by atoms with Crippen molar-refractivity contribution in [3.63, 3.8) is 0 Å². The van der Waals surface area contributed by atoms with Gasteiger partial charge in [-0.2, -0.15) is 4.31 Å². The number of nitrogens with one attached hydrogen (secondary N) is 1. The molecule has 0 saturated carbocycles. The Hall–Kier alpha value is -2.58. The Labute approximate surface area is 184 Å². The molecule has 1 heterocycles. The van der Waals surface area contributed by atoms with Gasteiger partial charge in [0, 0.05) is 18.2 Å². The molecule has 31 heavy (non-hydrogen) atoms. The zero-order valence-electron chi connectivity index (χ0n) is 18.3. The number of rotatable bonds is 8. The van der Waals surface area contributed by atoms with Gasteiger partial charge in [-0.25, -0.2) is 8.42 Å². The van der Waals surface area contributed by atoms with Crippen molar-refractivity contribution in [2.75, 3.05) is 26.8 Å². The lowest BCUT2D eigenvalue weighted by Crippen LogP contribution is -2.42. The molecule has 1 aliphatic rings. The number of nitrogens with zero attached hydrogens (tertiary/aromatic N) is 1. The van der Waals surface area contributed by atoms with E-state index in [-0.39, 0.29) is 30.0 Å². The predicted octanol–water partition coefficient (Wildman–Crippen LogP) is 3.38. The first kappa shape index (κ1) is 23.1. The van der Waals surface area contributed by atoms with Crippen molar-refractivity contribution >= 4 is 15.9 Å². The number of aryl methyl sites for hydroxylation is 1. The highest BCUT2D eigenvalue weighted by molar-refractivity contribution is 7.89. The minimum Gasteiger partial charge on any atom is -0.493 e. The Kier molecular flexibility index (Phi) is 7.56. The monoisotopic (exact) mass is 446 g/mol. The van der Waals surface area contributed by atoms with E-state index in [1.807, 2.05) is 19.1 Å². The number of carbonyl (C=O) groups is 1. The second-order valence-electron chi connectivity index (χ2n) is 7.69. The molecule has 3 rings (SSSR count). The third-order valence-corrected chi connectivity index (χ3v) is 7.53. The number of benzene rings is 2. The van der Waals surface area contributed by atoms with Crippen LogP contribution in [-0.2, 0) is 10.0 Å². The standard InChI is InChI=1S/C23H30N2O5S/c1-17-11-12-19(31(27,28)25-14-7-6-8-18(25)2)16-20(17)23(26)24-13-15-30-22-10-5-4-9-21(22)29-3/h4-5,9-12,16,18H,6-8,13-15H2,1-3H3,(H,24,26). The first-order valence-electron chi connectivity index (χ1n) is 10.5. The van der Waals surface area contributed by atoms with Crippen molar-refractivity contribution in [1.29, 1.82) is 0 Å². The van der Waals surface area contributed by atoms with Crippen LogP contribution in [0.25, 0.3) is 0 Å². The van der Waals surface area contributed by atoms with E-state index in [0.29, 0.717) is 29.2 Å². The maximum absolute atomic E-state index is 13.1. The van der Waals surface area contributed by atoms with Gasteiger partial charge in [-0.1, -0.05) is 24.6 Å². The van der Waals surface area contributed by atoms with Crippen LogP contribution < -0.4 is 14.8 Å². The molecule has 7 nitrogen and oxygen atoms in total. The van der Waals surface area contributed by atoms with Crippen molar-refractivity contribution in [3.8, 4) is 11.5 Å². The Morgan fingerprint density at radius 2 is 1.90 bits per heavy atom. The van der Waals surface area contributed by atoms with Gasteiger partial charge < -0.3 is 14.8 Å². The van der Waals surface area contributed by atoms with Gasteiger partial charge in [0.15, 0.2) is 11.5 Å². The average Bonchev–Trinajstić information content (AvgIpc) is 2.77. The minimum absolute atomic E-state index is 0.0375. The Bertz CT molecular complexity index is 1020. The topological polar surface area (TPSA) is 84.9 Å². The Morgan fingerprint density at radius 1 is 1.16 bits per heavy atom. The van der Waals surface area contributed by atoms with Crippen molar-refractivity contribution in [1.82, 2.24) is 9.62 Å². The summed E-state index contributed by atoms with van der Waals surface area (Å²) in [5.41, 5.74) is 1.07. The summed E-state index contributed by atoms with van der Waals surface area (Å²) in [7, 11) is -2.07. The smallest absolute Gasteiger partial charge is 0.251 e. The summed E-state index contributed by atoms with van der Waals surface area (Å²) in [5, 5.41) is 2.80. The third-order valence-electron chi connectivity index (χ3n) is 5.52. The number of amides is 1. The summed E-state index contributed by atoms with van der Waals surface area (Å²) in [5.74, 6) is 0.888. The van der Waals surface area contributed by atoms with Gasteiger partial charge in [0.05, 0.1) is 18.6 Å².